The smallest absolute Gasteiger partial charge is 0.327 e. The second kappa shape index (κ2) is 7.73. The zero-order valence-corrected chi connectivity index (χ0v) is 13.1. The lowest BCUT2D eigenvalue weighted by atomic mass is 10.1. The molecule has 1 saturated heterocycles. The highest BCUT2D eigenvalue weighted by Gasteiger charge is 2.44. The number of amides is 2. The third-order valence-corrected chi connectivity index (χ3v) is 4.97. The topological polar surface area (TPSA) is 81.1 Å². The first-order chi connectivity index (χ1) is 9.43. The number of aliphatic hydroxyl groups is 1. The van der Waals surface area contributed by atoms with E-state index in [0.717, 1.165) is 0 Å². The molecule has 2 unspecified atom stereocenters. The zero-order chi connectivity index (χ0) is 15.3. The first-order valence-corrected chi connectivity index (χ1v) is 8.01. The minimum Gasteiger partial charge on any atom is -0.480 e. The van der Waals surface area contributed by atoms with Crippen molar-refractivity contribution in [1.82, 2.24) is 9.80 Å². The largest absolute Gasteiger partial charge is 0.480 e. The summed E-state index contributed by atoms with van der Waals surface area (Å²) in [5.74, 6) is -0.321. The van der Waals surface area contributed by atoms with E-state index in [4.69, 9.17) is 5.11 Å². The van der Waals surface area contributed by atoms with Gasteiger partial charge in [0.1, 0.15) is 6.04 Å². The van der Waals surface area contributed by atoms with Gasteiger partial charge in [0.05, 0.1) is 5.37 Å². The van der Waals surface area contributed by atoms with Crippen LogP contribution in [0.4, 0.5) is 4.79 Å². The molecular weight excluding hydrogens is 280 g/mol. The molecule has 0 radical (unpaired) electrons. The van der Waals surface area contributed by atoms with Crippen molar-refractivity contribution >= 4 is 23.8 Å². The first kappa shape index (κ1) is 17.1. The van der Waals surface area contributed by atoms with Crippen LogP contribution in [0.2, 0.25) is 0 Å². The fourth-order valence-corrected chi connectivity index (χ4v) is 3.75. The lowest BCUT2D eigenvalue weighted by Crippen LogP contribution is -2.53. The van der Waals surface area contributed by atoms with E-state index in [2.05, 4.69) is 0 Å². The molecule has 7 heteroatoms. The van der Waals surface area contributed by atoms with Crippen LogP contribution in [0, 0.1) is 5.92 Å². The fourth-order valence-electron chi connectivity index (χ4n) is 2.29. The number of carbonyl (C=O) groups is 2. The van der Waals surface area contributed by atoms with E-state index in [1.165, 1.54) is 16.7 Å². The third kappa shape index (κ3) is 3.79. The number of aliphatic hydroxyl groups excluding tert-OH is 1. The number of thioether (sulfide) groups is 1. The van der Waals surface area contributed by atoms with E-state index in [9.17, 15) is 14.7 Å². The molecule has 1 heterocycles. The Morgan fingerprint density at radius 2 is 2.10 bits per heavy atom. The van der Waals surface area contributed by atoms with E-state index in [1.807, 2.05) is 20.8 Å². The van der Waals surface area contributed by atoms with Crippen LogP contribution in [-0.2, 0) is 4.79 Å². The standard InChI is InChI=1S/C13H24N2O4S/c1-4-14(6-5-7-16)13(19)15-10(12(17)18)8-20-11(15)9(2)3/h9-11,16H,4-8H2,1-3H3,(H,17,18). The Kier molecular flexibility index (Phi) is 6.61. The minimum atomic E-state index is -0.952. The van der Waals surface area contributed by atoms with Gasteiger partial charge in [-0.1, -0.05) is 13.8 Å². The van der Waals surface area contributed by atoms with Crippen molar-refractivity contribution in [3.63, 3.8) is 0 Å². The van der Waals surface area contributed by atoms with E-state index >= 15 is 0 Å². The fraction of sp³-hybridized carbons (Fsp3) is 0.846. The van der Waals surface area contributed by atoms with Gasteiger partial charge in [0.25, 0.3) is 0 Å². The van der Waals surface area contributed by atoms with Gasteiger partial charge in [0, 0.05) is 25.4 Å². The summed E-state index contributed by atoms with van der Waals surface area (Å²) in [4.78, 5) is 27.1. The van der Waals surface area contributed by atoms with Crippen LogP contribution in [-0.4, -0.2) is 68.9 Å². The van der Waals surface area contributed by atoms with Gasteiger partial charge in [-0.2, -0.15) is 0 Å². The van der Waals surface area contributed by atoms with Gasteiger partial charge in [-0.3, -0.25) is 4.90 Å². The predicted molar refractivity (Wildman–Crippen MR) is 78.7 cm³/mol. The first-order valence-electron chi connectivity index (χ1n) is 6.96. The highest BCUT2D eigenvalue weighted by atomic mass is 32.2. The van der Waals surface area contributed by atoms with Gasteiger partial charge in [0.15, 0.2) is 0 Å². The summed E-state index contributed by atoms with van der Waals surface area (Å²) in [5, 5.41) is 18.1. The van der Waals surface area contributed by atoms with Crippen LogP contribution in [0.5, 0.6) is 0 Å². The maximum Gasteiger partial charge on any atom is 0.327 e. The summed E-state index contributed by atoms with van der Waals surface area (Å²) in [6.07, 6.45) is 0.505. The molecule has 0 aromatic carbocycles. The molecule has 116 valence electrons. The van der Waals surface area contributed by atoms with Crippen LogP contribution in [0.15, 0.2) is 0 Å². The molecule has 0 aromatic heterocycles. The second-order valence-corrected chi connectivity index (χ2v) is 6.32. The summed E-state index contributed by atoms with van der Waals surface area (Å²) < 4.78 is 0. The number of carbonyl (C=O) groups excluding carboxylic acids is 1. The van der Waals surface area contributed by atoms with Crippen LogP contribution < -0.4 is 0 Å². The quantitative estimate of drug-likeness (QED) is 0.773. The number of hydrogen-bond acceptors (Lipinski definition) is 4. The molecule has 1 rings (SSSR count). The number of urea groups is 1. The monoisotopic (exact) mass is 304 g/mol. The van der Waals surface area contributed by atoms with Crippen LogP contribution in [0.25, 0.3) is 0 Å². The molecule has 1 aliphatic heterocycles. The Morgan fingerprint density at radius 3 is 2.55 bits per heavy atom. The molecule has 0 aliphatic carbocycles. The van der Waals surface area contributed by atoms with Crippen molar-refractivity contribution in [3.05, 3.63) is 0 Å². The van der Waals surface area contributed by atoms with Crippen molar-refractivity contribution in [2.45, 2.75) is 38.6 Å². The molecule has 0 bridgehead atoms. The van der Waals surface area contributed by atoms with Crippen LogP contribution in [0.1, 0.15) is 27.2 Å². The van der Waals surface area contributed by atoms with Crippen molar-refractivity contribution in [3.8, 4) is 0 Å². The summed E-state index contributed by atoms with van der Waals surface area (Å²) >= 11 is 1.52. The molecule has 0 aromatic rings. The normalized spacial score (nSPS) is 22.4. The molecule has 6 nitrogen and oxygen atoms in total. The van der Waals surface area contributed by atoms with Crippen LogP contribution in [0.3, 0.4) is 0 Å². The van der Waals surface area contributed by atoms with Gasteiger partial charge < -0.3 is 15.1 Å². The molecule has 2 amide bonds. The van der Waals surface area contributed by atoms with Crippen molar-refractivity contribution in [2.75, 3.05) is 25.4 Å². The zero-order valence-electron chi connectivity index (χ0n) is 12.3. The van der Waals surface area contributed by atoms with Gasteiger partial charge in [0.2, 0.25) is 0 Å². The lowest BCUT2D eigenvalue weighted by Gasteiger charge is -2.34. The maximum absolute atomic E-state index is 12.6. The molecule has 0 saturated carbocycles. The van der Waals surface area contributed by atoms with E-state index in [1.54, 1.807) is 4.90 Å². The van der Waals surface area contributed by atoms with Gasteiger partial charge in [-0.05, 0) is 19.3 Å². The number of hydrogen-bond donors (Lipinski definition) is 2. The Balaban J connectivity index is 2.89. The summed E-state index contributed by atoms with van der Waals surface area (Å²) in [6, 6.07) is -1.000. The van der Waals surface area contributed by atoms with Gasteiger partial charge >= 0.3 is 12.0 Å². The van der Waals surface area contributed by atoms with Crippen molar-refractivity contribution in [2.24, 2.45) is 5.92 Å². The highest BCUT2D eigenvalue weighted by molar-refractivity contribution is 8.00. The maximum atomic E-state index is 12.6. The molecule has 2 N–H and O–H groups in total. The average molecular weight is 304 g/mol. The number of aliphatic carboxylic acids is 1. The Morgan fingerprint density at radius 1 is 1.45 bits per heavy atom. The molecule has 20 heavy (non-hydrogen) atoms. The Labute approximate surface area is 124 Å². The van der Waals surface area contributed by atoms with E-state index in [-0.39, 0.29) is 23.9 Å². The number of nitrogens with zero attached hydrogens (tertiary/aromatic N) is 2. The minimum absolute atomic E-state index is 0.0223. The van der Waals surface area contributed by atoms with Gasteiger partial charge in [-0.15, -0.1) is 11.8 Å². The predicted octanol–water partition coefficient (Wildman–Crippen LogP) is 1.29. The Bertz CT molecular complexity index is 351. The van der Waals surface area contributed by atoms with E-state index in [0.29, 0.717) is 25.3 Å². The average Bonchev–Trinajstić information content (AvgIpc) is 2.84. The highest BCUT2D eigenvalue weighted by Crippen LogP contribution is 2.34. The number of carboxylic acids is 1. The van der Waals surface area contributed by atoms with Crippen molar-refractivity contribution in [1.29, 1.82) is 0 Å². The summed E-state index contributed by atoms with van der Waals surface area (Å²) in [7, 11) is 0. The summed E-state index contributed by atoms with van der Waals surface area (Å²) in [6.45, 7) is 6.83. The number of rotatable bonds is 6. The SMILES string of the molecule is CCN(CCCO)C(=O)N1C(C(=O)O)CSC1C(C)C. The third-order valence-electron chi connectivity index (χ3n) is 3.35. The second-order valence-electron chi connectivity index (χ2n) is 5.17. The molecule has 2 atom stereocenters. The van der Waals surface area contributed by atoms with Gasteiger partial charge in [-0.25, -0.2) is 9.59 Å². The summed E-state index contributed by atoms with van der Waals surface area (Å²) in [5.41, 5.74) is 0. The lowest BCUT2D eigenvalue weighted by molar-refractivity contribution is -0.141. The molecule has 1 fully saturated rings. The number of carboxylic acid groups (broad SMARTS) is 1. The molecular formula is C13H24N2O4S. The van der Waals surface area contributed by atoms with E-state index < -0.39 is 12.0 Å². The van der Waals surface area contributed by atoms with Crippen molar-refractivity contribution < 1.29 is 19.8 Å². The molecule has 0 spiro atoms. The van der Waals surface area contributed by atoms with Crippen LogP contribution >= 0.6 is 11.8 Å². The molecule has 1 aliphatic rings. The Hall–Kier alpha value is -0.950.